The van der Waals surface area contributed by atoms with E-state index in [0.717, 1.165) is 0 Å². The molecule has 0 saturated carbocycles. The van der Waals surface area contributed by atoms with E-state index < -0.39 is 10.0 Å². The predicted molar refractivity (Wildman–Crippen MR) is 77.1 cm³/mol. The summed E-state index contributed by atoms with van der Waals surface area (Å²) in [6, 6.07) is 5.88. The third-order valence-electron chi connectivity index (χ3n) is 3.04. The lowest BCUT2D eigenvalue weighted by Crippen LogP contribution is -2.37. The molecule has 1 aliphatic rings. The standard InChI is InChI=1S/C13H17N3O4S/c1-10(17)15-11-3-5-12(6-4-11)21(19,20)16-8-2-7-14-13(18)9-16/h3-6H,2,7-9H2,1H3,(H,14,18)(H,15,17). The molecule has 0 aliphatic carbocycles. The molecule has 1 fully saturated rings. The van der Waals surface area contributed by atoms with Crippen molar-refractivity contribution < 1.29 is 18.0 Å². The highest BCUT2D eigenvalue weighted by Crippen LogP contribution is 2.19. The monoisotopic (exact) mass is 311 g/mol. The number of hydrogen-bond donors (Lipinski definition) is 2. The summed E-state index contributed by atoms with van der Waals surface area (Å²) in [7, 11) is -3.70. The van der Waals surface area contributed by atoms with Gasteiger partial charge < -0.3 is 10.6 Å². The van der Waals surface area contributed by atoms with E-state index in [-0.39, 0.29) is 23.3 Å². The summed E-state index contributed by atoms with van der Waals surface area (Å²) in [6.07, 6.45) is 0.578. The number of hydrogen-bond acceptors (Lipinski definition) is 4. The molecule has 2 amide bonds. The van der Waals surface area contributed by atoms with Crippen LogP contribution >= 0.6 is 0 Å². The fraction of sp³-hybridized carbons (Fsp3) is 0.385. The van der Waals surface area contributed by atoms with Crippen molar-refractivity contribution in [3.63, 3.8) is 0 Å². The number of anilines is 1. The zero-order valence-electron chi connectivity index (χ0n) is 11.6. The van der Waals surface area contributed by atoms with E-state index in [4.69, 9.17) is 0 Å². The van der Waals surface area contributed by atoms with Crippen LogP contribution < -0.4 is 10.6 Å². The minimum atomic E-state index is -3.70. The summed E-state index contributed by atoms with van der Waals surface area (Å²) in [5, 5.41) is 5.20. The molecule has 1 saturated heterocycles. The maximum atomic E-state index is 12.5. The average Bonchev–Trinajstić information content (AvgIpc) is 2.64. The second-order valence-electron chi connectivity index (χ2n) is 4.75. The second-order valence-corrected chi connectivity index (χ2v) is 6.69. The Kier molecular flexibility index (Phi) is 4.59. The van der Waals surface area contributed by atoms with Crippen LogP contribution in [-0.2, 0) is 19.6 Å². The number of amides is 2. The minimum Gasteiger partial charge on any atom is -0.355 e. The van der Waals surface area contributed by atoms with Gasteiger partial charge in [-0.3, -0.25) is 9.59 Å². The molecule has 2 rings (SSSR count). The zero-order valence-corrected chi connectivity index (χ0v) is 12.4. The van der Waals surface area contributed by atoms with E-state index in [9.17, 15) is 18.0 Å². The van der Waals surface area contributed by atoms with Crippen molar-refractivity contribution in [2.45, 2.75) is 18.2 Å². The maximum absolute atomic E-state index is 12.5. The smallest absolute Gasteiger partial charge is 0.243 e. The molecule has 0 aromatic heterocycles. The Morgan fingerprint density at radius 1 is 1.29 bits per heavy atom. The van der Waals surface area contributed by atoms with Crippen LogP contribution in [0.1, 0.15) is 13.3 Å². The van der Waals surface area contributed by atoms with Gasteiger partial charge in [-0.05, 0) is 30.7 Å². The van der Waals surface area contributed by atoms with Gasteiger partial charge in [-0.1, -0.05) is 0 Å². The molecule has 1 heterocycles. The molecule has 0 spiro atoms. The van der Waals surface area contributed by atoms with E-state index in [1.165, 1.54) is 35.5 Å². The molecule has 0 atom stereocenters. The Balaban J connectivity index is 2.22. The topological polar surface area (TPSA) is 95.6 Å². The molecule has 7 nitrogen and oxygen atoms in total. The first-order chi connectivity index (χ1) is 9.89. The van der Waals surface area contributed by atoms with E-state index in [2.05, 4.69) is 10.6 Å². The summed E-state index contributed by atoms with van der Waals surface area (Å²) in [6.45, 7) is 1.98. The van der Waals surface area contributed by atoms with Gasteiger partial charge in [0.05, 0.1) is 11.4 Å². The Morgan fingerprint density at radius 2 is 1.95 bits per heavy atom. The normalized spacial score (nSPS) is 16.9. The van der Waals surface area contributed by atoms with E-state index in [1.807, 2.05) is 0 Å². The summed E-state index contributed by atoms with van der Waals surface area (Å²) in [5.74, 6) is -0.527. The van der Waals surface area contributed by atoms with Gasteiger partial charge >= 0.3 is 0 Å². The van der Waals surface area contributed by atoms with E-state index in [0.29, 0.717) is 25.2 Å². The second kappa shape index (κ2) is 6.23. The lowest BCUT2D eigenvalue weighted by atomic mass is 10.3. The Bertz CT molecular complexity index is 640. The first kappa shape index (κ1) is 15.5. The van der Waals surface area contributed by atoms with E-state index in [1.54, 1.807) is 0 Å². The fourth-order valence-corrected chi connectivity index (χ4v) is 3.48. The van der Waals surface area contributed by atoms with Gasteiger partial charge in [0.2, 0.25) is 21.8 Å². The highest BCUT2D eigenvalue weighted by molar-refractivity contribution is 7.89. The number of nitrogens with one attached hydrogen (secondary N) is 2. The third-order valence-corrected chi connectivity index (χ3v) is 4.90. The number of sulfonamides is 1. The molecule has 0 bridgehead atoms. The summed E-state index contributed by atoms with van der Waals surface area (Å²) in [5.41, 5.74) is 0.523. The molecule has 1 aromatic rings. The maximum Gasteiger partial charge on any atom is 0.243 e. The highest BCUT2D eigenvalue weighted by Gasteiger charge is 2.27. The lowest BCUT2D eigenvalue weighted by Gasteiger charge is -2.18. The number of rotatable bonds is 3. The Labute approximate surface area is 123 Å². The van der Waals surface area contributed by atoms with Crippen molar-refractivity contribution in [1.82, 2.24) is 9.62 Å². The predicted octanol–water partition coefficient (Wildman–Crippen LogP) is 0.156. The quantitative estimate of drug-likeness (QED) is 0.831. The molecule has 21 heavy (non-hydrogen) atoms. The van der Waals surface area contributed by atoms with Gasteiger partial charge in [0.1, 0.15) is 0 Å². The first-order valence-corrected chi connectivity index (χ1v) is 7.98. The van der Waals surface area contributed by atoms with E-state index >= 15 is 0 Å². The van der Waals surface area contributed by atoms with Crippen LogP contribution in [0.25, 0.3) is 0 Å². The Morgan fingerprint density at radius 3 is 2.57 bits per heavy atom. The van der Waals surface area contributed by atoms with Crippen molar-refractivity contribution in [3.8, 4) is 0 Å². The molecular weight excluding hydrogens is 294 g/mol. The third kappa shape index (κ3) is 3.79. The summed E-state index contributed by atoms with van der Waals surface area (Å²) >= 11 is 0. The SMILES string of the molecule is CC(=O)Nc1ccc(S(=O)(=O)N2CCCNC(=O)C2)cc1. The Hall–Kier alpha value is -1.93. The highest BCUT2D eigenvalue weighted by atomic mass is 32.2. The molecule has 0 radical (unpaired) electrons. The largest absolute Gasteiger partial charge is 0.355 e. The fourth-order valence-electron chi connectivity index (χ4n) is 2.05. The van der Waals surface area contributed by atoms with Gasteiger partial charge in [-0.2, -0.15) is 4.31 Å². The van der Waals surface area contributed by atoms with Crippen LogP contribution in [0.4, 0.5) is 5.69 Å². The van der Waals surface area contributed by atoms with Crippen molar-refractivity contribution >= 4 is 27.5 Å². The van der Waals surface area contributed by atoms with Crippen molar-refractivity contribution in [2.24, 2.45) is 0 Å². The van der Waals surface area contributed by atoms with Gasteiger partial charge in [-0.25, -0.2) is 8.42 Å². The first-order valence-electron chi connectivity index (χ1n) is 6.54. The molecular formula is C13H17N3O4S. The van der Waals surface area contributed by atoms with Gasteiger partial charge in [-0.15, -0.1) is 0 Å². The van der Waals surface area contributed by atoms with Crippen LogP contribution in [0.2, 0.25) is 0 Å². The number of benzene rings is 1. The van der Waals surface area contributed by atoms with Crippen LogP contribution in [-0.4, -0.2) is 44.2 Å². The minimum absolute atomic E-state index is 0.103. The van der Waals surface area contributed by atoms with Crippen molar-refractivity contribution in [3.05, 3.63) is 24.3 Å². The van der Waals surface area contributed by atoms with Crippen LogP contribution in [0.3, 0.4) is 0 Å². The number of carbonyl (C=O) groups excluding carboxylic acids is 2. The van der Waals surface area contributed by atoms with Gasteiger partial charge in [0.15, 0.2) is 0 Å². The summed E-state index contributed by atoms with van der Waals surface area (Å²) < 4.78 is 26.1. The molecule has 1 aliphatic heterocycles. The van der Waals surface area contributed by atoms with Crippen LogP contribution in [0, 0.1) is 0 Å². The van der Waals surface area contributed by atoms with Crippen molar-refractivity contribution in [1.29, 1.82) is 0 Å². The van der Waals surface area contributed by atoms with Gasteiger partial charge in [0.25, 0.3) is 0 Å². The van der Waals surface area contributed by atoms with Crippen LogP contribution in [0.5, 0.6) is 0 Å². The van der Waals surface area contributed by atoms with Gasteiger partial charge in [0, 0.05) is 25.7 Å². The average molecular weight is 311 g/mol. The summed E-state index contributed by atoms with van der Waals surface area (Å²) in [4.78, 5) is 22.5. The molecule has 1 aromatic carbocycles. The molecule has 2 N–H and O–H groups in total. The number of nitrogens with zero attached hydrogens (tertiary/aromatic N) is 1. The van der Waals surface area contributed by atoms with Crippen LogP contribution in [0.15, 0.2) is 29.2 Å². The number of carbonyl (C=O) groups is 2. The van der Waals surface area contributed by atoms with Crippen molar-refractivity contribution in [2.75, 3.05) is 25.0 Å². The lowest BCUT2D eigenvalue weighted by molar-refractivity contribution is -0.120. The zero-order chi connectivity index (χ0) is 15.5. The molecule has 0 unspecified atom stereocenters. The molecule has 8 heteroatoms. The molecule has 114 valence electrons.